The Morgan fingerprint density at radius 1 is 1.53 bits per heavy atom. The van der Waals surface area contributed by atoms with Crippen molar-refractivity contribution < 1.29 is 13.2 Å². The van der Waals surface area contributed by atoms with E-state index in [-0.39, 0.29) is 17.4 Å². The van der Waals surface area contributed by atoms with Crippen LogP contribution < -0.4 is 11.1 Å². The van der Waals surface area contributed by atoms with Gasteiger partial charge < -0.3 is 11.1 Å². The second kappa shape index (κ2) is 6.06. The van der Waals surface area contributed by atoms with Crippen molar-refractivity contribution >= 4 is 27.5 Å². The zero-order valence-electron chi connectivity index (χ0n) is 10.1. The van der Waals surface area contributed by atoms with Crippen LogP contribution in [0.15, 0.2) is 0 Å². The normalized spacial score (nSPS) is 26.9. The standard InChI is InChI=1S/C10H20N2O3S2/c1-10(3-6-17(14,15)8-10)12-9(13)7-16-5-2-4-11/h2-8,11H2,1H3,(H,12,13). The van der Waals surface area contributed by atoms with Crippen molar-refractivity contribution in [1.29, 1.82) is 0 Å². The van der Waals surface area contributed by atoms with E-state index in [0.717, 1.165) is 12.2 Å². The maximum Gasteiger partial charge on any atom is 0.230 e. The minimum absolute atomic E-state index is 0.0548. The molecule has 1 unspecified atom stereocenters. The highest BCUT2D eigenvalue weighted by Gasteiger charge is 2.39. The largest absolute Gasteiger partial charge is 0.349 e. The molecule has 0 aromatic carbocycles. The van der Waals surface area contributed by atoms with Crippen LogP contribution in [0.5, 0.6) is 0 Å². The fourth-order valence-electron chi connectivity index (χ4n) is 1.83. The Labute approximate surface area is 107 Å². The Morgan fingerprint density at radius 2 is 2.24 bits per heavy atom. The minimum atomic E-state index is -2.97. The van der Waals surface area contributed by atoms with Crippen LogP contribution in [-0.2, 0) is 14.6 Å². The quantitative estimate of drug-likeness (QED) is 0.656. The number of carbonyl (C=O) groups is 1. The van der Waals surface area contributed by atoms with Gasteiger partial charge in [0.25, 0.3) is 0 Å². The predicted molar refractivity (Wildman–Crippen MR) is 70.8 cm³/mol. The number of thioether (sulfide) groups is 1. The maximum absolute atomic E-state index is 11.6. The van der Waals surface area contributed by atoms with E-state index in [9.17, 15) is 13.2 Å². The number of sulfone groups is 1. The molecule has 1 fully saturated rings. The summed E-state index contributed by atoms with van der Waals surface area (Å²) < 4.78 is 22.7. The monoisotopic (exact) mass is 280 g/mol. The number of nitrogens with two attached hydrogens (primary N) is 1. The topological polar surface area (TPSA) is 89.3 Å². The Morgan fingerprint density at radius 3 is 2.76 bits per heavy atom. The minimum Gasteiger partial charge on any atom is -0.349 e. The number of carbonyl (C=O) groups excluding carboxylic acids is 1. The summed E-state index contributed by atoms with van der Waals surface area (Å²) in [6.07, 6.45) is 1.40. The highest BCUT2D eigenvalue weighted by molar-refractivity contribution is 7.99. The van der Waals surface area contributed by atoms with Crippen molar-refractivity contribution in [3.63, 3.8) is 0 Å². The lowest BCUT2D eigenvalue weighted by atomic mass is 10.0. The van der Waals surface area contributed by atoms with Crippen molar-refractivity contribution in [3.05, 3.63) is 0 Å². The molecule has 0 bridgehead atoms. The highest BCUT2D eigenvalue weighted by atomic mass is 32.2. The van der Waals surface area contributed by atoms with Crippen LogP contribution in [0.3, 0.4) is 0 Å². The van der Waals surface area contributed by atoms with Crippen molar-refractivity contribution in [1.82, 2.24) is 5.32 Å². The summed E-state index contributed by atoms with van der Waals surface area (Å²) in [6.45, 7) is 2.42. The van der Waals surface area contributed by atoms with Crippen molar-refractivity contribution in [2.45, 2.75) is 25.3 Å². The van der Waals surface area contributed by atoms with Crippen LogP contribution in [0.4, 0.5) is 0 Å². The molecule has 0 aliphatic carbocycles. The van der Waals surface area contributed by atoms with Crippen LogP contribution in [0.25, 0.3) is 0 Å². The first-order valence-corrected chi connectivity index (χ1v) is 8.64. The van der Waals surface area contributed by atoms with Crippen LogP contribution in [0, 0.1) is 0 Å². The second-order valence-electron chi connectivity index (χ2n) is 4.65. The third kappa shape index (κ3) is 5.27. The van der Waals surface area contributed by atoms with Crippen LogP contribution in [0.2, 0.25) is 0 Å². The molecule has 0 spiro atoms. The Balaban J connectivity index is 2.31. The molecule has 1 aliphatic heterocycles. The lowest BCUT2D eigenvalue weighted by Gasteiger charge is -2.23. The molecule has 1 saturated heterocycles. The van der Waals surface area contributed by atoms with Gasteiger partial charge in [-0.25, -0.2) is 8.42 Å². The molecular weight excluding hydrogens is 260 g/mol. The van der Waals surface area contributed by atoms with Crippen LogP contribution >= 0.6 is 11.8 Å². The Hall–Kier alpha value is -0.270. The van der Waals surface area contributed by atoms with Gasteiger partial charge in [0, 0.05) is 0 Å². The average molecular weight is 280 g/mol. The molecule has 1 amide bonds. The molecule has 1 aliphatic rings. The number of hydrogen-bond acceptors (Lipinski definition) is 5. The third-order valence-corrected chi connectivity index (χ3v) is 5.62. The van der Waals surface area contributed by atoms with Crippen LogP contribution in [-0.4, -0.2) is 49.4 Å². The fraction of sp³-hybridized carbons (Fsp3) is 0.900. The van der Waals surface area contributed by atoms with E-state index >= 15 is 0 Å². The van der Waals surface area contributed by atoms with Crippen LogP contribution in [0.1, 0.15) is 19.8 Å². The molecule has 1 rings (SSSR count). The van der Waals surface area contributed by atoms with Crippen molar-refractivity contribution in [2.24, 2.45) is 5.73 Å². The van der Waals surface area contributed by atoms with Gasteiger partial charge in [0.1, 0.15) is 0 Å². The molecule has 1 heterocycles. The molecule has 1 atom stereocenters. The smallest absolute Gasteiger partial charge is 0.230 e. The SMILES string of the molecule is CC1(NC(=O)CSCCCN)CCS(=O)(=O)C1. The van der Waals surface area contributed by atoms with E-state index in [1.165, 1.54) is 11.8 Å². The zero-order chi connectivity index (χ0) is 12.9. The molecule has 0 aromatic heterocycles. The van der Waals surface area contributed by atoms with E-state index in [1.807, 2.05) is 0 Å². The summed E-state index contributed by atoms with van der Waals surface area (Å²) in [4.78, 5) is 11.6. The average Bonchev–Trinajstić information content (AvgIpc) is 2.47. The second-order valence-corrected chi connectivity index (χ2v) is 7.93. The van der Waals surface area contributed by atoms with Gasteiger partial charge in [0.05, 0.1) is 22.8 Å². The summed E-state index contributed by atoms with van der Waals surface area (Å²) in [5.41, 5.74) is 4.77. The summed E-state index contributed by atoms with van der Waals surface area (Å²) in [5, 5.41) is 2.82. The lowest BCUT2D eigenvalue weighted by molar-refractivity contribution is -0.120. The van der Waals surface area contributed by atoms with E-state index < -0.39 is 15.4 Å². The van der Waals surface area contributed by atoms with Gasteiger partial charge in [-0.2, -0.15) is 11.8 Å². The first-order valence-electron chi connectivity index (χ1n) is 5.66. The molecule has 0 aromatic rings. The van der Waals surface area contributed by atoms with E-state index in [4.69, 9.17) is 5.73 Å². The molecular formula is C10H20N2O3S2. The molecule has 3 N–H and O–H groups in total. The molecule has 0 radical (unpaired) electrons. The summed E-state index contributed by atoms with van der Waals surface area (Å²) >= 11 is 1.53. The van der Waals surface area contributed by atoms with Gasteiger partial charge in [0.2, 0.25) is 5.91 Å². The fourth-order valence-corrected chi connectivity index (χ4v) is 4.70. The zero-order valence-corrected chi connectivity index (χ0v) is 11.7. The molecule has 0 saturated carbocycles. The molecule has 100 valence electrons. The van der Waals surface area contributed by atoms with Gasteiger partial charge in [-0.3, -0.25) is 4.79 Å². The van der Waals surface area contributed by atoms with Gasteiger partial charge in [0.15, 0.2) is 9.84 Å². The van der Waals surface area contributed by atoms with Gasteiger partial charge in [-0.1, -0.05) is 0 Å². The third-order valence-electron chi connectivity index (χ3n) is 2.67. The number of amides is 1. The highest BCUT2D eigenvalue weighted by Crippen LogP contribution is 2.22. The van der Waals surface area contributed by atoms with Gasteiger partial charge in [-0.15, -0.1) is 0 Å². The first-order chi connectivity index (χ1) is 7.87. The van der Waals surface area contributed by atoms with E-state index in [0.29, 0.717) is 18.7 Å². The van der Waals surface area contributed by atoms with E-state index in [2.05, 4.69) is 5.32 Å². The lowest BCUT2D eigenvalue weighted by Crippen LogP contribution is -2.47. The Kier molecular flexibility index (Phi) is 5.27. The predicted octanol–water partition coefficient (Wildman–Crippen LogP) is -0.238. The first kappa shape index (κ1) is 14.8. The number of hydrogen-bond donors (Lipinski definition) is 2. The Bertz CT molecular complexity index is 370. The van der Waals surface area contributed by atoms with E-state index in [1.54, 1.807) is 6.92 Å². The molecule has 5 nitrogen and oxygen atoms in total. The van der Waals surface area contributed by atoms with Crippen molar-refractivity contribution in [2.75, 3.05) is 29.6 Å². The van der Waals surface area contributed by atoms with Gasteiger partial charge >= 0.3 is 0 Å². The maximum atomic E-state index is 11.6. The summed E-state index contributed by atoms with van der Waals surface area (Å²) in [6, 6.07) is 0. The number of nitrogens with one attached hydrogen (secondary N) is 1. The number of rotatable bonds is 6. The molecule has 17 heavy (non-hydrogen) atoms. The van der Waals surface area contributed by atoms with Gasteiger partial charge in [-0.05, 0) is 32.1 Å². The van der Waals surface area contributed by atoms with Crippen molar-refractivity contribution in [3.8, 4) is 0 Å². The summed E-state index contributed by atoms with van der Waals surface area (Å²) in [7, 11) is -2.97. The molecule has 7 heteroatoms. The summed E-state index contributed by atoms with van der Waals surface area (Å²) in [5.74, 6) is 1.37.